The van der Waals surface area contributed by atoms with Crippen LogP contribution in [0.3, 0.4) is 0 Å². The number of tetrazole rings is 1. The number of hydrogen-bond donors (Lipinski definition) is 1. The van der Waals surface area contributed by atoms with Gasteiger partial charge in [0.05, 0.1) is 12.8 Å². The maximum absolute atomic E-state index is 13.8. The number of nitrogens with one attached hydrogen (secondary N) is 1. The third kappa shape index (κ3) is 6.69. The molecule has 1 saturated carbocycles. The second-order valence-corrected chi connectivity index (χ2v) is 13.4. The third-order valence-corrected chi connectivity index (χ3v) is 10.1. The first-order chi connectivity index (χ1) is 24.1. The molecule has 2 amide bonds. The molecule has 0 bridgehead atoms. The van der Waals surface area contributed by atoms with E-state index in [1.165, 1.54) is 31.2 Å². The van der Waals surface area contributed by atoms with Crippen molar-refractivity contribution in [2.45, 2.75) is 56.0 Å². The summed E-state index contributed by atoms with van der Waals surface area (Å²) >= 11 is 0. The average molecular weight is 689 g/mol. The summed E-state index contributed by atoms with van der Waals surface area (Å²) in [7, 11) is 1.53. The number of nitrogens with zero attached hydrogens (tertiary/aromatic N) is 7. The van der Waals surface area contributed by atoms with Gasteiger partial charge in [0.2, 0.25) is 11.8 Å². The number of amides is 2. The van der Waals surface area contributed by atoms with Crippen molar-refractivity contribution in [2.75, 3.05) is 39.8 Å². The number of hydrogen-bond acceptors (Lipinski definition) is 8. The van der Waals surface area contributed by atoms with Crippen molar-refractivity contribution in [1.82, 2.24) is 40.2 Å². The van der Waals surface area contributed by atoms with Gasteiger partial charge < -0.3 is 15.0 Å². The maximum atomic E-state index is 13.8. The van der Waals surface area contributed by atoms with Gasteiger partial charge in [-0.3, -0.25) is 19.4 Å². The largest absolute Gasteiger partial charge is 0.496 e. The quantitative estimate of drug-likeness (QED) is 0.283. The lowest BCUT2D eigenvalue weighted by atomic mass is 9.81. The monoisotopic (exact) mass is 688 g/mol. The van der Waals surface area contributed by atoms with Crippen LogP contribution in [0.4, 0.5) is 13.2 Å². The number of piperazine rings is 2. The smallest absolute Gasteiger partial charge is 0.453 e. The first-order valence-electron chi connectivity index (χ1n) is 16.8. The Bertz CT molecular complexity index is 1790. The molecule has 262 valence electrons. The van der Waals surface area contributed by atoms with Crippen LogP contribution in [-0.4, -0.2) is 104 Å². The first kappa shape index (κ1) is 33.7. The number of ether oxygens (including phenoxy) is 1. The number of carbonyl (C=O) groups excluding carboxylic acids is 2. The number of carbonyl (C=O) groups is 2. The molecule has 3 fully saturated rings. The van der Waals surface area contributed by atoms with E-state index in [9.17, 15) is 22.8 Å². The van der Waals surface area contributed by atoms with E-state index < -0.39 is 17.5 Å². The van der Waals surface area contributed by atoms with Crippen LogP contribution < -0.4 is 10.1 Å². The van der Waals surface area contributed by atoms with Gasteiger partial charge in [0.15, 0.2) is 0 Å². The van der Waals surface area contributed by atoms with Gasteiger partial charge in [-0.2, -0.15) is 17.9 Å². The Morgan fingerprint density at radius 2 is 1.64 bits per heavy atom. The fraction of sp³-hybridized carbons (Fsp3) is 0.417. The Balaban J connectivity index is 1.24. The van der Waals surface area contributed by atoms with Crippen LogP contribution in [0.5, 0.6) is 5.75 Å². The number of alkyl halides is 3. The molecule has 1 N–H and O–H groups in total. The first-order valence-corrected chi connectivity index (χ1v) is 16.8. The zero-order chi connectivity index (χ0) is 35.0. The highest BCUT2D eigenvalue weighted by atomic mass is 19.4. The van der Waals surface area contributed by atoms with Gasteiger partial charge in [0, 0.05) is 69.8 Å². The molecule has 1 aromatic heterocycles. The van der Waals surface area contributed by atoms with Crippen LogP contribution in [0.25, 0.3) is 5.69 Å². The summed E-state index contributed by atoms with van der Waals surface area (Å²) in [4.78, 5) is 32.5. The topological polar surface area (TPSA) is 109 Å². The molecular formula is C36H39F3N8O3. The lowest BCUT2D eigenvalue weighted by molar-refractivity contribution is -0.146. The van der Waals surface area contributed by atoms with Crippen LogP contribution in [-0.2, 0) is 22.3 Å². The van der Waals surface area contributed by atoms with Crippen LogP contribution in [0.1, 0.15) is 48.2 Å². The van der Waals surface area contributed by atoms with Crippen molar-refractivity contribution in [3.63, 3.8) is 0 Å². The van der Waals surface area contributed by atoms with Gasteiger partial charge in [0.25, 0.3) is 5.82 Å². The summed E-state index contributed by atoms with van der Waals surface area (Å²) in [6.45, 7) is 4.78. The summed E-state index contributed by atoms with van der Waals surface area (Å²) in [6, 6.07) is 25.5. The minimum Gasteiger partial charge on any atom is -0.496 e. The molecule has 7 rings (SSSR count). The lowest BCUT2D eigenvalue weighted by Gasteiger charge is -2.54. The average Bonchev–Trinajstić information content (AvgIpc) is 3.69. The van der Waals surface area contributed by atoms with Crippen molar-refractivity contribution in [2.24, 2.45) is 0 Å². The van der Waals surface area contributed by atoms with E-state index in [0.29, 0.717) is 68.1 Å². The summed E-state index contributed by atoms with van der Waals surface area (Å²) in [6.07, 6.45) is -3.48. The number of benzene rings is 3. The third-order valence-electron chi connectivity index (χ3n) is 10.1. The fourth-order valence-corrected chi connectivity index (χ4v) is 7.73. The van der Waals surface area contributed by atoms with Crippen molar-refractivity contribution in [3.05, 3.63) is 101 Å². The van der Waals surface area contributed by atoms with Crippen LogP contribution in [0, 0.1) is 0 Å². The van der Waals surface area contributed by atoms with Gasteiger partial charge in [-0.25, -0.2) is 0 Å². The van der Waals surface area contributed by atoms with Crippen LogP contribution in [0.2, 0.25) is 0 Å². The van der Waals surface area contributed by atoms with Gasteiger partial charge in [-0.15, -0.1) is 5.10 Å². The van der Waals surface area contributed by atoms with E-state index in [4.69, 9.17) is 4.74 Å². The summed E-state index contributed by atoms with van der Waals surface area (Å²) < 4.78 is 47.5. The zero-order valence-corrected chi connectivity index (χ0v) is 27.9. The van der Waals surface area contributed by atoms with Crippen LogP contribution >= 0.6 is 0 Å². The van der Waals surface area contributed by atoms with E-state index >= 15 is 0 Å². The van der Waals surface area contributed by atoms with Crippen molar-refractivity contribution < 1.29 is 27.5 Å². The van der Waals surface area contributed by atoms with E-state index in [1.807, 2.05) is 41.3 Å². The molecule has 3 heterocycles. The molecule has 0 spiro atoms. The Morgan fingerprint density at radius 3 is 2.24 bits per heavy atom. The molecule has 14 heteroatoms. The number of aromatic nitrogens is 4. The highest BCUT2D eigenvalue weighted by molar-refractivity contribution is 5.93. The number of methoxy groups -OCH3 is 1. The number of rotatable bonds is 9. The number of fused-ring (bicyclic) bond motifs is 1. The summed E-state index contributed by atoms with van der Waals surface area (Å²) in [5.41, 5.74) is 2.37. The van der Waals surface area contributed by atoms with Crippen molar-refractivity contribution in [3.8, 4) is 11.4 Å². The molecule has 4 aromatic rings. The Morgan fingerprint density at radius 1 is 0.960 bits per heavy atom. The molecule has 1 aliphatic carbocycles. The van der Waals surface area contributed by atoms with E-state index in [0.717, 1.165) is 0 Å². The highest BCUT2D eigenvalue weighted by Gasteiger charge is 2.54. The molecular weight excluding hydrogens is 649 g/mol. The molecule has 3 aromatic carbocycles. The molecule has 0 unspecified atom stereocenters. The van der Waals surface area contributed by atoms with E-state index in [2.05, 4.69) is 54.9 Å². The van der Waals surface area contributed by atoms with E-state index in [-0.39, 0.29) is 35.5 Å². The fourth-order valence-electron chi connectivity index (χ4n) is 7.73. The lowest BCUT2D eigenvalue weighted by Crippen LogP contribution is -2.68. The van der Waals surface area contributed by atoms with Gasteiger partial charge in [-0.05, 0) is 52.6 Å². The van der Waals surface area contributed by atoms with Gasteiger partial charge >= 0.3 is 6.18 Å². The number of halogens is 3. The van der Waals surface area contributed by atoms with Crippen LogP contribution in [0.15, 0.2) is 78.9 Å². The SMILES string of the molecule is COc1ccc(-n2nnnc2C(F)(F)F)cc1CN1C[C@@H]2CN(C(=O)C3(NC(C)=O)CC3)CCN2[C@H](C(c2ccccc2)c2ccccc2)C1. The molecule has 2 aliphatic heterocycles. The molecule has 0 radical (unpaired) electrons. The van der Waals surface area contributed by atoms with Gasteiger partial charge in [-0.1, -0.05) is 60.7 Å². The van der Waals surface area contributed by atoms with Crippen molar-refractivity contribution >= 4 is 11.8 Å². The predicted molar refractivity (Wildman–Crippen MR) is 177 cm³/mol. The minimum atomic E-state index is -4.74. The molecule has 3 aliphatic rings. The Hall–Kier alpha value is -4.82. The zero-order valence-electron chi connectivity index (χ0n) is 27.9. The maximum Gasteiger partial charge on any atom is 0.453 e. The molecule has 11 nitrogen and oxygen atoms in total. The molecule has 2 saturated heterocycles. The Labute approximate surface area is 288 Å². The summed E-state index contributed by atoms with van der Waals surface area (Å²) in [5.74, 6) is -0.936. The predicted octanol–water partition coefficient (Wildman–Crippen LogP) is 3.89. The second kappa shape index (κ2) is 13.5. The highest BCUT2D eigenvalue weighted by Crippen LogP contribution is 2.40. The van der Waals surface area contributed by atoms with E-state index in [1.54, 1.807) is 12.1 Å². The normalized spacial score (nSPS) is 20.7. The second-order valence-electron chi connectivity index (χ2n) is 13.4. The summed E-state index contributed by atoms with van der Waals surface area (Å²) in [5, 5.41) is 13.0. The van der Waals surface area contributed by atoms with Crippen molar-refractivity contribution in [1.29, 1.82) is 0 Å². The standard InChI is InChI=1S/C36H39F3N8O3/c1-24(48)40-35(15-16-35)34(49)45-17-18-46-29(22-45)21-44(23-30(46)32(25-9-5-3-6-10-25)26-11-7-4-8-12-26)20-27-19-28(13-14-31(27)50-2)47-33(36(37,38)39)41-42-43-47/h3-14,19,29-30,32H,15-18,20-23H2,1-2H3,(H,40,48)/t29-,30+/m1/s1. The molecule has 2 atom stereocenters. The molecule has 50 heavy (non-hydrogen) atoms. The Kier molecular flexibility index (Phi) is 9.07. The minimum absolute atomic E-state index is 0.00269. The van der Waals surface area contributed by atoms with Gasteiger partial charge in [0.1, 0.15) is 11.3 Å².